The van der Waals surface area contributed by atoms with Crippen LogP contribution in [-0.4, -0.2) is 21.6 Å². The molecule has 17 heavy (non-hydrogen) atoms. The van der Waals surface area contributed by atoms with Crippen LogP contribution in [0, 0.1) is 0 Å². The zero-order chi connectivity index (χ0) is 11.7. The minimum Gasteiger partial charge on any atom is -0.364 e. The molecule has 0 amide bonds. The summed E-state index contributed by atoms with van der Waals surface area (Å²) < 4.78 is 6.98. The number of nitrogens with zero attached hydrogens (tertiary/aromatic N) is 2. The van der Waals surface area contributed by atoms with Crippen LogP contribution in [-0.2, 0) is 11.5 Å². The molecule has 0 radical (unpaired) electrons. The first kappa shape index (κ1) is 10.1. The summed E-state index contributed by atoms with van der Waals surface area (Å²) in [7, 11) is 1.67. The van der Waals surface area contributed by atoms with Gasteiger partial charge in [0, 0.05) is 36.0 Å². The second-order valence-corrected chi connectivity index (χ2v) is 3.94. The summed E-state index contributed by atoms with van der Waals surface area (Å²) in [5.41, 5.74) is 3.23. The Balaban J connectivity index is 2.10. The molecule has 2 aromatic heterocycles. The van der Waals surface area contributed by atoms with Crippen molar-refractivity contribution in [3.63, 3.8) is 0 Å². The highest BCUT2D eigenvalue weighted by Crippen LogP contribution is 2.26. The number of fused-ring (bicyclic) bond motifs is 1. The van der Waals surface area contributed by atoms with Gasteiger partial charge in [-0.1, -0.05) is 12.1 Å². The molecule has 0 spiro atoms. The van der Waals surface area contributed by atoms with Crippen molar-refractivity contribution >= 4 is 10.9 Å². The van der Waals surface area contributed by atoms with Gasteiger partial charge in [-0.2, -0.15) is 0 Å². The molecule has 2 heterocycles. The van der Waals surface area contributed by atoms with Gasteiger partial charge in [-0.3, -0.25) is 0 Å². The van der Waals surface area contributed by atoms with Gasteiger partial charge in [0.15, 0.2) is 0 Å². The van der Waals surface area contributed by atoms with E-state index in [9.17, 15) is 0 Å². The van der Waals surface area contributed by atoms with Crippen LogP contribution in [0.5, 0.6) is 0 Å². The summed E-state index contributed by atoms with van der Waals surface area (Å²) in [6.45, 7) is 0.524. The molecular formula is C13H13N3O. The minimum atomic E-state index is 0.524. The van der Waals surface area contributed by atoms with E-state index >= 15 is 0 Å². The molecule has 0 aliphatic carbocycles. The molecule has 4 heteroatoms. The number of methoxy groups -OCH3 is 1. The number of nitrogens with one attached hydrogen (secondary N) is 1. The molecule has 0 saturated heterocycles. The fraction of sp³-hybridized carbons (Fsp3) is 0.154. The maximum Gasteiger partial charge on any atom is 0.123 e. The lowest BCUT2D eigenvalue weighted by Gasteiger charge is -1.99. The Morgan fingerprint density at radius 2 is 2.29 bits per heavy atom. The fourth-order valence-corrected chi connectivity index (χ4v) is 2.03. The molecule has 1 N–H and O–H groups in total. The molecule has 0 bridgehead atoms. The molecule has 4 nitrogen and oxygen atoms in total. The van der Waals surface area contributed by atoms with E-state index in [2.05, 4.69) is 28.2 Å². The fourth-order valence-electron chi connectivity index (χ4n) is 2.03. The van der Waals surface area contributed by atoms with Crippen LogP contribution in [0.15, 0.2) is 43.0 Å². The molecule has 0 fully saturated rings. The van der Waals surface area contributed by atoms with Gasteiger partial charge in [0.1, 0.15) is 6.73 Å². The van der Waals surface area contributed by atoms with Crippen LogP contribution in [0.1, 0.15) is 0 Å². The maximum absolute atomic E-state index is 5.07. The number of imidazole rings is 1. The van der Waals surface area contributed by atoms with Crippen molar-refractivity contribution in [3.05, 3.63) is 43.0 Å². The number of hydrogen-bond donors (Lipinski definition) is 1. The highest BCUT2D eigenvalue weighted by Gasteiger charge is 2.06. The zero-order valence-corrected chi connectivity index (χ0v) is 9.55. The van der Waals surface area contributed by atoms with Crippen LogP contribution in [0.2, 0.25) is 0 Å². The normalized spacial score (nSPS) is 11.1. The van der Waals surface area contributed by atoms with E-state index < -0.39 is 0 Å². The van der Waals surface area contributed by atoms with Gasteiger partial charge in [-0.05, 0) is 12.1 Å². The minimum absolute atomic E-state index is 0.524. The summed E-state index contributed by atoms with van der Waals surface area (Å²) in [6.07, 6.45) is 5.72. The van der Waals surface area contributed by atoms with E-state index in [-0.39, 0.29) is 0 Å². The molecule has 0 saturated carbocycles. The number of aromatic amines is 1. The van der Waals surface area contributed by atoms with Gasteiger partial charge in [0.2, 0.25) is 0 Å². The lowest BCUT2D eigenvalue weighted by Crippen LogP contribution is -1.94. The maximum atomic E-state index is 5.07. The van der Waals surface area contributed by atoms with Crippen LogP contribution in [0.4, 0.5) is 0 Å². The molecule has 3 aromatic rings. The number of H-pyrrole nitrogens is 1. The van der Waals surface area contributed by atoms with Gasteiger partial charge >= 0.3 is 0 Å². The van der Waals surface area contributed by atoms with Gasteiger partial charge in [-0.25, -0.2) is 4.98 Å². The van der Waals surface area contributed by atoms with Crippen LogP contribution >= 0.6 is 0 Å². The van der Waals surface area contributed by atoms with Crippen LogP contribution in [0.3, 0.4) is 0 Å². The summed E-state index contributed by atoms with van der Waals surface area (Å²) in [5.74, 6) is 0. The first-order chi connectivity index (χ1) is 8.38. The number of aromatic nitrogens is 3. The predicted molar refractivity (Wildman–Crippen MR) is 66.5 cm³/mol. The van der Waals surface area contributed by atoms with E-state index in [4.69, 9.17) is 4.74 Å². The monoisotopic (exact) mass is 227 g/mol. The predicted octanol–water partition coefficient (Wildman–Crippen LogP) is 2.64. The smallest absolute Gasteiger partial charge is 0.123 e. The first-order valence-electron chi connectivity index (χ1n) is 5.45. The van der Waals surface area contributed by atoms with Gasteiger partial charge in [0.05, 0.1) is 12.0 Å². The van der Waals surface area contributed by atoms with Crippen molar-refractivity contribution < 1.29 is 4.74 Å². The number of ether oxygens (including phenoxy) is 1. The first-order valence-corrected chi connectivity index (χ1v) is 5.45. The Morgan fingerprint density at radius 3 is 3.18 bits per heavy atom. The average Bonchev–Trinajstić information content (AvgIpc) is 2.96. The Bertz CT molecular complexity index is 639. The van der Waals surface area contributed by atoms with E-state index in [1.807, 2.05) is 23.0 Å². The quantitative estimate of drug-likeness (QED) is 0.747. The lowest BCUT2D eigenvalue weighted by atomic mass is 10.1. The SMILES string of the molecule is COCn1cnc(-c2cccc3[nH]ccc23)c1. The van der Waals surface area contributed by atoms with Crippen molar-refractivity contribution in [2.45, 2.75) is 6.73 Å². The molecule has 1 aromatic carbocycles. The van der Waals surface area contributed by atoms with Crippen LogP contribution in [0.25, 0.3) is 22.2 Å². The topological polar surface area (TPSA) is 42.8 Å². The van der Waals surface area contributed by atoms with Crippen molar-refractivity contribution in [2.75, 3.05) is 7.11 Å². The van der Waals surface area contributed by atoms with Gasteiger partial charge in [0.25, 0.3) is 0 Å². The highest BCUT2D eigenvalue weighted by molar-refractivity contribution is 5.93. The summed E-state index contributed by atoms with van der Waals surface area (Å²) in [6, 6.07) is 8.24. The molecule has 0 atom stereocenters. The molecule has 86 valence electrons. The average molecular weight is 227 g/mol. The van der Waals surface area contributed by atoms with Crippen LogP contribution < -0.4 is 0 Å². The second-order valence-electron chi connectivity index (χ2n) is 3.94. The van der Waals surface area contributed by atoms with Crippen molar-refractivity contribution in [1.82, 2.24) is 14.5 Å². The third-order valence-electron chi connectivity index (χ3n) is 2.78. The third kappa shape index (κ3) is 1.72. The van der Waals surface area contributed by atoms with E-state index in [1.54, 1.807) is 13.4 Å². The lowest BCUT2D eigenvalue weighted by molar-refractivity contribution is 0.131. The van der Waals surface area contributed by atoms with E-state index in [0.29, 0.717) is 6.73 Å². The van der Waals surface area contributed by atoms with Gasteiger partial charge in [-0.15, -0.1) is 0 Å². The molecule has 3 rings (SSSR count). The van der Waals surface area contributed by atoms with E-state index in [0.717, 1.165) is 16.8 Å². The molecule has 0 aliphatic rings. The number of benzene rings is 1. The Hall–Kier alpha value is -2.07. The molecule has 0 aliphatic heterocycles. The standard InChI is InChI=1S/C13H13N3O/c1-17-9-16-7-13(15-8-16)10-3-2-4-12-11(10)5-6-14-12/h2-8,14H,9H2,1H3. The zero-order valence-electron chi connectivity index (χ0n) is 9.55. The Kier molecular flexibility index (Phi) is 2.42. The number of rotatable bonds is 3. The molecule has 0 unspecified atom stereocenters. The Morgan fingerprint density at radius 1 is 1.35 bits per heavy atom. The Labute approximate surface area is 98.9 Å². The summed E-state index contributed by atoms with van der Waals surface area (Å²) >= 11 is 0. The van der Waals surface area contributed by atoms with Crippen molar-refractivity contribution in [2.24, 2.45) is 0 Å². The molecular weight excluding hydrogens is 214 g/mol. The summed E-state index contributed by atoms with van der Waals surface area (Å²) in [4.78, 5) is 7.61. The van der Waals surface area contributed by atoms with Crippen molar-refractivity contribution in [3.8, 4) is 11.3 Å². The van der Waals surface area contributed by atoms with Gasteiger partial charge < -0.3 is 14.3 Å². The third-order valence-corrected chi connectivity index (χ3v) is 2.78. The largest absolute Gasteiger partial charge is 0.364 e. The summed E-state index contributed by atoms with van der Waals surface area (Å²) in [5, 5.41) is 1.19. The second kappa shape index (κ2) is 4.07. The van der Waals surface area contributed by atoms with E-state index in [1.165, 1.54) is 5.39 Å². The van der Waals surface area contributed by atoms with Crippen molar-refractivity contribution in [1.29, 1.82) is 0 Å². The number of hydrogen-bond acceptors (Lipinski definition) is 2. The highest BCUT2D eigenvalue weighted by atomic mass is 16.5.